The lowest BCUT2D eigenvalue weighted by Gasteiger charge is -2.21. The number of aromatic amines is 1. The van der Waals surface area contributed by atoms with Crippen molar-refractivity contribution < 1.29 is 4.39 Å². The molecule has 3 aromatic rings. The monoisotopic (exact) mass is 400 g/mol. The van der Waals surface area contributed by atoms with E-state index in [2.05, 4.69) is 43.0 Å². The maximum absolute atomic E-state index is 13.8. The second-order valence-electron chi connectivity index (χ2n) is 6.26. The summed E-state index contributed by atoms with van der Waals surface area (Å²) in [5.41, 5.74) is 3.99. The molecule has 0 saturated carbocycles. The predicted molar refractivity (Wildman–Crippen MR) is 101 cm³/mol. The number of hydrogen-bond acceptors (Lipinski definition) is 3. The lowest BCUT2D eigenvalue weighted by Crippen LogP contribution is -2.22. The Labute approximate surface area is 154 Å². The summed E-state index contributed by atoms with van der Waals surface area (Å²) in [4.78, 5) is 14.5. The highest BCUT2D eigenvalue weighted by Gasteiger charge is 2.27. The van der Waals surface area contributed by atoms with Gasteiger partial charge in [-0.25, -0.2) is 14.4 Å². The summed E-state index contributed by atoms with van der Waals surface area (Å²) in [6, 6.07) is 12.1. The number of hydrogen-bond donors (Lipinski definition) is 1. The van der Waals surface area contributed by atoms with Crippen LogP contribution in [0.4, 0.5) is 10.2 Å². The maximum Gasteiger partial charge on any atom is 0.143 e. The first kappa shape index (κ1) is 16.3. The standard InChI is InChI=1S/C19H18BrFN4/c1-12-17(20)24-18(23-12)16-15(13-5-3-2-4-6-13)7-9-22-19(16)25-10-8-14(21)11-25/h2-7,9,14H,8,10-11H2,1H3,(H,23,24)/t14-/m0/s1. The number of halogens is 2. The third-order valence-electron chi connectivity index (χ3n) is 4.51. The second-order valence-corrected chi connectivity index (χ2v) is 7.01. The van der Waals surface area contributed by atoms with Crippen LogP contribution in [0.5, 0.6) is 0 Å². The third kappa shape index (κ3) is 3.06. The summed E-state index contributed by atoms with van der Waals surface area (Å²) in [7, 11) is 0. The fourth-order valence-corrected chi connectivity index (χ4v) is 3.53. The summed E-state index contributed by atoms with van der Waals surface area (Å²) < 4.78 is 14.6. The zero-order valence-electron chi connectivity index (χ0n) is 13.8. The smallest absolute Gasteiger partial charge is 0.143 e. The van der Waals surface area contributed by atoms with Crippen molar-refractivity contribution in [3.8, 4) is 22.5 Å². The molecule has 4 rings (SSSR count). The van der Waals surface area contributed by atoms with Crippen molar-refractivity contribution in [1.29, 1.82) is 0 Å². The van der Waals surface area contributed by atoms with E-state index in [9.17, 15) is 4.39 Å². The number of aromatic nitrogens is 3. The Morgan fingerprint density at radius 3 is 2.68 bits per heavy atom. The van der Waals surface area contributed by atoms with Gasteiger partial charge in [-0.2, -0.15) is 0 Å². The Kier molecular flexibility index (Phi) is 4.29. The number of nitrogens with one attached hydrogen (secondary N) is 1. The molecule has 4 nitrogen and oxygen atoms in total. The topological polar surface area (TPSA) is 44.8 Å². The van der Waals surface area contributed by atoms with Gasteiger partial charge in [-0.3, -0.25) is 0 Å². The third-order valence-corrected chi connectivity index (χ3v) is 5.28. The maximum atomic E-state index is 13.8. The van der Waals surface area contributed by atoms with E-state index in [4.69, 9.17) is 0 Å². The minimum atomic E-state index is -0.805. The van der Waals surface area contributed by atoms with Crippen molar-refractivity contribution in [3.05, 3.63) is 52.9 Å². The highest BCUT2D eigenvalue weighted by molar-refractivity contribution is 9.10. The number of pyridine rings is 1. The molecule has 25 heavy (non-hydrogen) atoms. The fourth-order valence-electron chi connectivity index (χ4n) is 3.25. The molecule has 0 radical (unpaired) electrons. The van der Waals surface area contributed by atoms with Crippen LogP contribution in [0.2, 0.25) is 0 Å². The van der Waals surface area contributed by atoms with Gasteiger partial charge in [0.1, 0.15) is 22.4 Å². The van der Waals surface area contributed by atoms with Crippen LogP contribution in [-0.4, -0.2) is 34.2 Å². The Morgan fingerprint density at radius 1 is 1.24 bits per heavy atom. The largest absolute Gasteiger partial charge is 0.353 e. The summed E-state index contributed by atoms with van der Waals surface area (Å²) in [6.07, 6.45) is 1.52. The van der Waals surface area contributed by atoms with Gasteiger partial charge in [0, 0.05) is 18.4 Å². The number of rotatable bonds is 3. The van der Waals surface area contributed by atoms with Crippen LogP contribution in [-0.2, 0) is 0 Å². The number of nitrogens with zero attached hydrogens (tertiary/aromatic N) is 3. The van der Waals surface area contributed by atoms with Crippen LogP contribution in [0, 0.1) is 6.92 Å². The zero-order valence-corrected chi connectivity index (χ0v) is 15.4. The number of aryl methyl sites for hydroxylation is 1. The highest BCUT2D eigenvalue weighted by atomic mass is 79.9. The van der Waals surface area contributed by atoms with E-state index in [1.165, 1.54) is 0 Å². The average molecular weight is 401 g/mol. The minimum absolute atomic E-state index is 0.374. The van der Waals surface area contributed by atoms with E-state index in [1.54, 1.807) is 6.20 Å². The van der Waals surface area contributed by atoms with E-state index >= 15 is 0 Å². The molecule has 1 saturated heterocycles. The number of H-pyrrole nitrogens is 1. The molecule has 6 heteroatoms. The normalized spacial score (nSPS) is 17.2. The Hall–Kier alpha value is -2.21. The van der Waals surface area contributed by atoms with Crippen LogP contribution in [0.3, 0.4) is 0 Å². The Balaban J connectivity index is 1.93. The lowest BCUT2D eigenvalue weighted by molar-refractivity contribution is 0.364. The first-order valence-corrected chi connectivity index (χ1v) is 9.08. The quantitative estimate of drug-likeness (QED) is 0.689. The van der Waals surface area contributed by atoms with Gasteiger partial charge < -0.3 is 9.88 Å². The first-order chi connectivity index (χ1) is 12.1. The second kappa shape index (κ2) is 6.59. The van der Waals surface area contributed by atoms with E-state index in [-0.39, 0.29) is 0 Å². The van der Waals surface area contributed by atoms with Crippen molar-refractivity contribution in [2.45, 2.75) is 19.5 Å². The van der Waals surface area contributed by atoms with E-state index in [0.29, 0.717) is 19.5 Å². The molecule has 0 bridgehead atoms. The summed E-state index contributed by atoms with van der Waals surface area (Å²) in [5.74, 6) is 1.52. The van der Waals surface area contributed by atoms with Gasteiger partial charge in [0.05, 0.1) is 12.1 Å². The van der Waals surface area contributed by atoms with E-state index < -0.39 is 6.17 Å². The molecule has 3 heterocycles. The molecule has 1 aromatic carbocycles. The molecular weight excluding hydrogens is 383 g/mol. The Bertz CT molecular complexity index is 874. The van der Waals surface area contributed by atoms with Crippen molar-refractivity contribution in [3.63, 3.8) is 0 Å². The molecule has 0 unspecified atom stereocenters. The lowest BCUT2D eigenvalue weighted by atomic mass is 10.00. The van der Waals surface area contributed by atoms with Crippen LogP contribution in [0.1, 0.15) is 12.1 Å². The van der Waals surface area contributed by atoms with E-state index in [0.717, 1.165) is 38.6 Å². The van der Waals surface area contributed by atoms with Crippen LogP contribution in [0.25, 0.3) is 22.5 Å². The molecule has 1 aliphatic heterocycles. The molecule has 1 aliphatic rings. The number of imidazole rings is 1. The van der Waals surface area contributed by atoms with Gasteiger partial charge in [0.15, 0.2) is 0 Å². The molecule has 1 N–H and O–H groups in total. The van der Waals surface area contributed by atoms with Gasteiger partial charge in [-0.05, 0) is 46.5 Å². The van der Waals surface area contributed by atoms with Crippen LogP contribution >= 0.6 is 15.9 Å². The molecule has 0 aliphatic carbocycles. The summed E-state index contributed by atoms with van der Waals surface area (Å²) in [5, 5.41) is 0. The summed E-state index contributed by atoms with van der Waals surface area (Å²) in [6.45, 7) is 3.01. The van der Waals surface area contributed by atoms with Gasteiger partial charge >= 0.3 is 0 Å². The minimum Gasteiger partial charge on any atom is -0.353 e. The molecule has 1 fully saturated rings. The Morgan fingerprint density at radius 2 is 2.04 bits per heavy atom. The molecule has 0 spiro atoms. The molecule has 128 valence electrons. The van der Waals surface area contributed by atoms with Gasteiger partial charge in [0.25, 0.3) is 0 Å². The zero-order chi connectivity index (χ0) is 17.4. The average Bonchev–Trinajstić information content (AvgIpc) is 3.21. The van der Waals surface area contributed by atoms with Gasteiger partial charge in [0.2, 0.25) is 0 Å². The molecule has 0 amide bonds. The number of benzene rings is 1. The van der Waals surface area contributed by atoms with Gasteiger partial charge in [-0.1, -0.05) is 30.3 Å². The molecule has 2 aromatic heterocycles. The highest BCUT2D eigenvalue weighted by Crippen LogP contribution is 2.38. The van der Waals surface area contributed by atoms with Crippen molar-refractivity contribution in [2.24, 2.45) is 0 Å². The summed E-state index contributed by atoms with van der Waals surface area (Å²) >= 11 is 3.48. The van der Waals surface area contributed by atoms with Crippen LogP contribution in [0.15, 0.2) is 47.2 Å². The van der Waals surface area contributed by atoms with Crippen molar-refractivity contribution in [1.82, 2.24) is 15.0 Å². The first-order valence-electron chi connectivity index (χ1n) is 8.29. The van der Waals surface area contributed by atoms with Gasteiger partial charge in [-0.15, -0.1) is 0 Å². The SMILES string of the molecule is Cc1[nH]c(-c2c(-c3ccccc3)ccnc2N2CC[C@H](F)C2)nc1Br. The molecule has 1 atom stereocenters. The predicted octanol–water partition coefficient (Wildman–Crippen LogP) is 4.76. The van der Waals surface area contributed by atoms with Crippen LogP contribution < -0.4 is 4.90 Å². The van der Waals surface area contributed by atoms with E-state index in [1.807, 2.05) is 36.1 Å². The molecular formula is C19H18BrFN4. The number of alkyl halides is 1. The fraction of sp³-hybridized carbons (Fsp3) is 0.263. The number of anilines is 1. The van der Waals surface area contributed by atoms with Crippen molar-refractivity contribution >= 4 is 21.7 Å². The van der Waals surface area contributed by atoms with Crippen molar-refractivity contribution in [2.75, 3.05) is 18.0 Å².